The number of nitrogens with one attached hydrogen (secondary N) is 1. The summed E-state index contributed by atoms with van der Waals surface area (Å²) in [5.74, 6) is -2.96. The number of hydrogen-bond donors (Lipinski definition) is 1. The van der Waals surface area contributed by atoms with E-state index >= 15 is 0 Å². The van der Waals surface area contributed by atoms with E-state index in [2.05, 4.69) is 12.2 Å². The first-order chi connectivity index (χ1) is 14.5. The Morgan fingerprint density at radius 2 is 1.67 bits per heavy atom. The molecular weight excluding hydrogens is 390 g/mol. The van der Waals surface area contributed by atoms with Gasteiger partial charge in [-0.3, -0.25) is 14.5 Å². The molecule has 0 spiro atoms. The summed E-state index contributed by atoms with van der Waals surface area (Å²) in [6.45, 7) is 3.38. The molecule has 0 radical (unpaired) electrons. The molecule has 1 aliphatic heterocycles. The molecule has 1 aliphatic rings. The van der Waals surface area contributed by atoms with Crippen molar-refractivity contribution in [2.45, 2.75) is 26.2 Å². The van der Waals surface area contributed by atoms with E-state index in [-0.39, 0.29) is 23.5 Å². The lowest BCUT2D eigenvalue weighted by Gasteiger charge is -2.15. The molecule has 0 bridgehead atoms. The highest BCUT2D eigenvalue weighted by Crippen LogP contribution is 2.30. The van der Waals surface area contributed by atoms with Gasteiger partial charge in [-0.25, -0.2) is 8.78 Å². The molecule has 0 unspecified atom stereocenters. The molecule has 0 saturated heterocycles. The van der Waals surface area contributed by atoms with Crippen LogP contribution in [0.2, 0.25) is 0 Å². The van der Waals surface area contributed by atoms with Crippen LogP contribution in [0.5, 0.6) is 0 Å². The highest BCUT2D eigenvalue weighted by atomic mass is 19.2. The van der Waals surface area contributed by atoms with E-state index in [4.69, 9.17) is 4.74 Å². The molecule has 0 saturated carbocycles. The van der Waals surface area contributed by atoms with Crippen molar-refractivity contribution >= 4 is 23.1 Å². The standard InChI is InChI=1S/C23H24F2N2O3/c1-2-3-13-30-14-7-12-27-22(28)20(16-8-5-4-6-9-16)21(23(27)29)26-17-10-11-18(24)19(25)15-17/h4-6,8-11,15,26H,2-3,7,12-14H2,1H3. The van der Waals surface area contributed by atoms with Crippen molar-refractivity contribution in [2.75, 3.05) is 25.1 Å². The highest BCUT2D eigenvalue weighted by Gasteiger charge is 2.38. The van der Waals surface area contributed by atoms with Crippen LogP contribution in [0.25, 0.3) is 5.57 Å². The smallest absolute Gasteiger partial charge is 0.278 e. The first-order valence-corrected chi connectivity index (χ1v) is 9.98. The van der Waals surface area contributed by atoms with Crippen LogP contribution in [0.15, 0.2) is 54.2 Å². The molecule has 0 aliphatic carbocycles. The van der Waals surface area contributed by atoms with E-state index in [0.717, 1.165) is 29.9 Å². The molecule has 3 rings (SSSR count). The van der Waals surface area contributed by atoms with E-state index < -0.39 is 23.4 Å². The minimum atomic E-state index is -1.04. The summed E-state index contributed by atoms with van der Waals surface area (Å²) >= 11 is 0. The SMILES string of the molecule is CCCCOCCCN1C(=O)C(Nc2ccc(F)c(F)c2)=C(c2ccccc2)C1=O. The molecule has 7 heteroatoms. The van der Waals surface area contributed by atoms with Gasteiger partial charge in [-0.05, 0) is 30.5 Å². The van der Waals surface area contributed by atoms with Crippen LogP contribution in [0.3, 0.4) is 0 Å². The molecule has 2 amide bonds. The summed E-state index contributed by atoms with van der Waals surface area (Å²) in [6.07, 6.45) is 2.51. The molecule has 2 aromatic rings. The van der Waals surface area contributed by atoms with Crippen LogP contribution in [-0.2, 0) is 14.3 Å². The Bertz CT molecular complexity index is 945. The predicted molar refractivity (Wildman–Crippen MR) is 110 cm³/mol. The Balaban J connectivity index is 1.81. The minimum absolute atomic E-state index is 0.0455. The quantitative estimate of drug-likeness (QED) is 0.464. The van der Waals surface area contributed by atoms with Crippen LogP contribution in [0.4, 0.5) is 14.5 Å². The second kappa shape index (κ2) is 10.1. The second-order valence-electron chi connectivity index (χ2n) is 6.95. The fourth-order valence-corrected chi connectivity index (χ4v) is 3.16. The number of carbonyl (C=O) groups is 2. The van der Waals surface area contributed by atoms with Crippen LogP contribution in [0.1, 0.15) is 31.7 Å². The highest BCUT2D eigenvalue weighted by molar-refractivity contribution is 6.36. The Morgan fingerprint density at radius 1 is 0.933 bits per heavy atom. The fraction of sp³-hybridized carbons (Fsp3) is 0.304. The molecule has 5 nitrogen and oxygen atoms in total. The number of ether oxygens (including phenoxy) is 1. The van der Waals surface area contributed by atoms with Crippen molar-refractivity contribution in [1.82, 2.24) is 4.90 Å². The average molecular weight is 414 g/mol. The molecular formula is C23H24F2N2O3. The Kier molecular flexibility index (Phi) is 7.30. The summed E-state index contributed by atoms with van der Waals surface area (Å²) in [6, 6.07) is 12.0. The maximum Gasteiger partial charge on any atom is 0.278 e. The van der Waals surface area contributed by atoms with E-state index in [1.165, 1.54) is 6.07 Å². The van der Waals surface area contributed by atoms with Gasteiger partial charge in [-0.1, -0.05) is 43.7 Å². The van der Waals surface area contributed by atoms with Gasteiger partial charge in [0.25, 0.3) is 11.8 Å². The molecule has 2 aromatic carbocycles. The first kappa shape index (κ1) is 21.6. The number of imide groups is 1. The Hall–Kier alpha value is -3.06. The zero-order chi connectivity index (χ0) is 21.5. The Labute approximate surface area is 174 Å². The number of nitrogens with zero attached hydrogens (tertiary/aromatic N) is 1. The van der Waals surface area contributed by atoms with Crippen molar-refractivity contribution < 1.29 is 23.1 Å². The summed E-state index contributed by atoms with van der Waals surface area (Å²) in [5.41, 5.74) is 1.01. The van der Waals surface area contributed by atoms with Crippen LogP contribution in [-0.4, -0.2) is 36.5 Å². The van der Waals surface area contributed by atoms with Gasteiger partial charge in [-0.2, -0.15) is 0 Å². The first-order valence-electron chi connectivity index (χ1n) is 9.98. The van der Waals surface area contributed by atoms with E-state index in [1.807, 2.05) is 0 Å². The van der Waals surface area contributed by atoms with Gasteiger partial charge < -0.3 is 10.1 Å². The maximum absolute atomic E-state index is 13.6. The van der Waals surface area contributed by atoms with Crippen LogP contribution in [0, 0.1) is 11.6 Å². The number of benzene rings is 2. The van der Waals surface area contributed by atoms with Crippen molar-refractivity contribution in [3.8, 4) is 0 Å². The second-order valence-corrected chi connectivity index (χ2v) is 6.95. The number of hydrogen-bond acceptors (Lipinski definition) is 4. The van der Waals surface area contributed by atoms with Crippen molar-refractivity contribution in [2.24, 2.45) is 0 Å². The molecule has 0 fully saturated rings. The molecule has 1 heterocycles. The largest absolute Gasteiger partial charge is 0.381 e. The molecule has 158 valence electrons. The number of anilines is 1. The predicted octanol–water partition coefficient (Wildman–Crippen LogP) is 4.36. The van der Waals surface area contributed by atoms with Gasteiger partial charge in [0.15, 0.2) is 11.6 Å². The van der Waals surface area contributed by atoms with Gasteiger partial charge in [0.1, 0.15) is 5.70 Å². The van der Waals surface area contributed by atoms with Crippen molar-refractivity contribution in [1.29, 1.82) is 0 Å². The van der Waals surface area contributed by atoms with Gasteiger partial charge in [0.05, 0.1) is 5.57 Å². The third-order valence-corrected chi connectivity index (χ3v) is 4.73. The van der Waals surface area contributed by atoms with Crippen LogP contribution < -0.4 is 5.32 Å². The van der Waals surface area contributed by atoms with Crippen LogP contribution >= 0.6 is 0 Å². The lowest BCUT2D eigenvalue weighted by Crippen LogP contribution is -2.34. The number of halogens is 2. The molecule has 30 heavy (non-hydrogen) atoms. The number of carbonyl (C=O) groups excluding carboxylic acids is 2. The normalized spacial score (nSPS) is 14.0. The zero-order valence-electron chi connectivity index (χ0n) is 16.8. The maximum atomic E-state index is 13.6. The molecule has 0 atom stereocenters. The summed E-state index contributed by atoms with van der Waals surface area (Å²) in [5, 5.41) is 2.82. The van der Waals surface area contributed by atoms with Gasteiger partial charge in [0.2, 0.25) is 0 Å². The third-order valence-electron chi connectivity index (χ3n) is 4.73. The molecule has 0 aromatic heterocycles. The average Bonchev–Trinajstić information content (AvgIpc) is 2.98. The number of rotatable bonds is 10. The topological polar surface area (TPSA) is 58.6 Å². The fourth-order valence-electron chi connectivity index (χ4n) is 3.16. The van der Waals surface area contributed by atoms with E-state index in [9.17, 15) is 18.4 Å². The van der Waals surface area contributed by atoms with Gasteiger partial charge in [0, 0.05) is 31.5 Å². The summed E-state index contributed by atoms with van der Waals surface area (Å²) in [4.78, 5) is 27.2. The van der Waals surface area contributed by atoms with Gasteiger partial charge in [-0.15, -0.1) is 0 Å². The molecule has 1 N–H and O–H groups in total. The lowest BCUT2D eigenvalue weighted by molar-refractivity contribution is -0.137. The summed E-state index contributed by atoms with van der Waals surface area (Å²) in [7, 11) is 0. The van der Waals surface area contributed by atoms with Crippen molar-refractivity contribution in [3.05, 3.63) is 71.4 Å². The minimum Gasteiger partial charge on any atom is -0.381 e. The summed E-state index contributed by atoms with van der Waals surface area (Å²) < 4.78 is 32.4. The third kappa shape index (κ3) is 4.91. The number of amides is 2. The van der Waals surface area contributed by atoms with Gasteiger partial charge >= 0.3 is 0 Å². The van der Waals surface area contributed by atoms with E-state index in [0.29, 0.717) is 25.2 Å². The Morgan fingerprint density at radius 3 is 2.37 bits per heavy atom. The van der Waals surface area contributed by atoms with Crippen molar-refractivity contribution in [3.63, 3.8) is 0 Å². The lowest BCUT2D eigenvalue weighted by atomic mass is 10.0. The van der Waals surface area contributed by atoms with E-state index in [1.54, 1.807) is 30.3 Å². The zero-order valence-corrected chi connectivity index (χ0v) is 16.8. The number of unbranched alkanes of at least 4 members (excludes halogenated alkanes) is 1. The monoisotopic (exact) mass is 414 g/mol.